The highest BCUT2D eigenvalue weighted by Gasteiger charge is 2.96. The molecule has 0 bridgehead atoms. The second-order valence-corrected chi connectivity index (χ2v) is 6.84. The second-order valence-electron chi connectivity index (χ2n) is 5.40. The number of rotatable bonds is 8. The first-order chi connectivity index (χ1) is 12.9. The van der Waals surface area contributed by atoms with E-state index in [1.165, 1.54) is 0 Å². The summed E-state index contributed by atoms with van der Waals surface area (Å²) in [6.45, 7) is 0. The fourth-order valence-electron chi connectivity index (χ4n) is 1.51. The summed E-state index contributed by atoms with van der Waals surface area (Å²) in [5.74, 6) is -60.2. The predicted molar refractivity (Wildman–Crippen MR) is 62.2 cm³/mol. The van der Waals surface area contributed by atoms with E-state index < -0.39 is 63.3 Å². The SMILES string of the molecule is N.O=S(=O)(O)C(F)C(F)(F)C(F)(F)C(F)(F)C(F)(F)C(F)(F)C(F)(F)C(F)(F)C(F)(F)F. The molecule has 0 spiro atoms. The van der Waals surface area contributed by atoms with Gasteiger partial charge in [0, 0.05) is 0 Å². The van der Waals surface area contributed by atoms with Gasteiger partial charge in [0.05, 0.1) is 0 Å². The Morgan fingerprint density at radius 3 is 0.938 bits per heavy atom. The Bertz CT molecular complexity index is 786. The van der Waals surface area contributed by atoms with Crippen molar-refractivity contribution >= 4 is 10.1 Å². The van der Waals surface area contributed by atoms with Crippen molar-refractivity contribution in [2.24, 2.45) is 0 Å². The van der Waals surface area contributed by atoms with Crippen molar-refractivity contribution in [1.82, 2.24) is 6.15 Å². The molecular formula is C9H5F18NO3S. The van der Waals surface area contributed by atoms with Crippen molar-refractivity contribution < 1.29 is 92.0 Å². The van der Waals surface area contributed by atoms with Gasteiger partial charge in [-0.25, -0.2) is 4.39 Å². The third-order valence-electron chi connectivity index (χ3n) is 3.29. The van der Waals surface area contributed by atoms with Gasteiger partial charge in [0.2, 0.25) is 0 Å². The van der Waals surface area contributed by atoms with Gasteiger partial charge in [0.1, 0.15) is 0 Å². The zero-order chi connectivity index (χ0) is 26.1. The van der Waals surface area contributed by atoms with E-state index in [0.29, 0.717) is 0 Å². The highest BCUT2D eigenvalue weighted by Crippen LogP contribution is 2.64. The monoisotopic (exact) mass is 549 g/mol. The molecule has 23 heteroatoms. The third kappa shape index (κ3) is 4.03. The van der Waals surface area contributed by atoms with Crippen LogP contribution in [0, 0.1) is 0 Å². The summed E-state index contributed by atoms with van der Waals surface area (Å²) in [4.78, 5) is 0. The first-order valence-corrected chi connectivity index (χ1v) is 7.72. The van der Waals surface area contributed by atoms with Gasteiger partial charge in [0.15, 0.2) is 0 Å². The minimum absolute atomic E-state index is 0. The summed E-state index contributed by atoms with van der Waals surface area (Å²) >= 11 is 0. The Hall–Kier alpha value is -1.39. The normalized spacial score (nSPS) is 17.1. The highest BCUT2D eigenvalue weighted by atomic mass is 32.2. The van der Waals surface area contributed by atoms with Gasteiger partial charge in [-0.2, -0.15) is 83.1 Å². The van der Waals surface area contributed by atoms with Crippen molar-refractivity contribution in [1.29, 1.82) is 0 Å². The van der Waals surface area contributed by atoms with Gasteiger partial charge < -0.3 is 6.15 Å². The lowest BCUT2D eigenvalue weighted by Crippen LogP contribution is -2.75. The highest BCUT2D eigenvalue weighted by molar-refractivity contribution is 7.86. The standard InChI is InChI=1S/C9H2F18O3S.H3N/c10-1(31(28,29)30)2(11,12)3(13,14)4(15,16)5(17,18)6(19,20)7(21,22)8(23,24)9(25,26)27;/h1H,(H,28,29,30);1H3. The Balaban J connectivity index is 0. The van der Waals surface area contributed by atoms with Crippen molar-refractivity contribution in [3.8, 4) is 0 Å². The molecule has 1 unspecified atom stereocenters. The molecule has 0 amide bonds. The van der Waals surface area contributed by atoms with Gasteiger partial charge in [-0.3, -0.25) is 4.55 Å². The van der Waals surface area contributed by atoms with Crippen molar-refractivity contribution in [2.75, 3.05) is 0 Å². The van der Waals surface area contributed by atoms with Crippen LogP contribution in [0.15, 0.2) is 0 Å². The van der Waals surface area contributed by atoms with Crippen LogP contribution in [-0.4, -0.2) is 66.1 Å². The molecule has 0 rings (SSSR count). The molecule has 196 valence electrons. The number of hydrogen-bond acceptors (Lipinski definition) is 3. The lowest BCUT2D eigenvalue weighted by Gasteiger charge is -2.42. The number of hydrogen-bond donors (Lipinski definition) is 2. The van der Waals surface area contributed by atoms with Gasteiger partial charge in [0.25, 0.3) is 5.50 Å². The molecule has 0 heterocycles. The summed E-state index contributed by atoms with van der Waals surface area (Å²) in [6.07, 6.45) is -7.92. The van der Waals surface area contributed by atoms with E-state index in [9.17, 15) is 87.4 Å². The Kier molecular flexibility index (Phi) is 8.03. The van der Waals surface area contributed by atoms with E-state index in [1.807, 2.05) is 0 Å². The van der Waals surface area contributed by atoms with E-state index in [4.69, 9.17) is 4.55 Å². The van der Waals surface area contributed by atoms with Crippen LogP contribution in [0.2, 0.25) is 0 Å². The molecule has 4 nitrogen and oxygen atoms in total. The summed E-state index contributed by atoms with van der Waals surface area (Å²) < 4.78 is 258. The zero-order valence-electron chi connectivity index (χ0n) is 13.8. The van der Waals surface area contributed by atoms with Crippen molar-refractivity contribution in [3.63, 3.8) is 0 Å². The molecule has 32 heavy (non-hydrogen) atoms. The zero-order valence-corrected chi connectivity index (χ0v) is 14.6. The Morgan fingerprint density at radius 2 is 0.719 bits per heavy atom. The largest absolute Gasteiger partial charge is 0.460 e. The summed E-state index contributed by atoms with van der Waals surface area (Å²) in [6, 6.07) is 0. The third-order valence-corrected chi connectivity index (χ3v) is 4.11. The van der Waals surface area contributed by atoms with Crippen LogP contribution in [0.4, 0.5) is 79.0 Å². The van der Waals surface area contributed by atoms with Crippen molar-refractivity contribution in [3.05, 3.63) is 0 Å². The maximum absolute atomic E-state index is 13.2. The summed E-state index contributed by atoms with van der Waals surface area (Å²) in [5, 5.41) is 0. The average Bonchev–Trinajstić information content (AvgIpc) is 2.50. The van der Waals surface area contributed by atoms with E-state index in [1.54, 1.807) is 0 Å². The fourth-order valence-corrected chi connectivity index (χ4v) is 2.03. The number of alkyl halides is 18. The fraction of sp³-hybridized carbons (Fsp3) is 1.00. The van der Waals surface area contributed by atoms with E-state index in [-0.39, 0.29) is 6.15 Å². The van der Waals surface area contributed by atoms with Crippen LogP contribution in [0.3, 0.4) is 0 Å². The predicted octanol–water partition coefficient (Wildman–Crippen LogP) is 5.34. The molecule has 0 radical (unpaired) electrons. The van der Waals surface area contributed by atoms with Crippen LogP contribution in [-0.2, 0) is 10.1 Å². The maximum atomic E-state index is 13.2. The Morgan fingerprint density at radius 1 is 0.500 bits per heavy atom. The van der Waals surface area contributed by atoms with Crippen LogP contribution in [0.5, 0.6) is 0 Å². The maximum Gasteiger partial charge on any atom is 0.460 e. The molecule has 0 saturated carbocycles. The molecule has 0 saturated heterocycles. The first kappa shape index (κ1) is 32.8. The smallest absolute Gasteiger partial charge is 0.344 e. The second kappa shape index (κ2) is 7.84. The molecule has 0 aliphatic heterocycles. The molecule has 1 atom stereocenters. The summed E-state index contributed by atoms with van der Waals surface area (Å²) in [5.41, 5.74) is -6.03. The number of halogens is 18. The van der Waals surface area contributed by atoms with Gasteiger partial charge in [-0.05, 0) is 0 Å². The lowest BCUT2D eigenvalue weighted by atomic mass is 9.89. The quantitative estimate of drug-likeness (QED) is 0.316. The van der Waals surface area contributed by atoms with Crippen molar-refractivity contribution in [2.45, 2.75) is 53.1 Å². The van der Waals surface area contributed by atoms with Crippen LogP contribution in [0.25, 0.3) is 0 Å². The molecule has 0 aliphatic rings. The summed E-state index contributed by atoms with van der Waals surface area (Å²) in [7, 11) is -7.24. The minimum Gasteiger partial charge on any atom is -0.344 e. The average molecular weight is 549 g/mol. The first-order valence-electron chi connectivity index (χ1n) is 6.22. The van der Waals surface area contributed by atoms with E-state index >= 15 is 0 Å². The minimum atomic E-state index is -8.97. The van der Waals surface area contributed by atoms with Gasteiger partial charge in [-0.15, -0.1) is 0 Å². The molecular weight excluding hydrogens is 544 g/mol. The molecule has 0 fully saturated rings. The topological polar surface area (TPSA) is 89.4 Å². The van der Waals surface area contributed by atoms with Crippen LogP contribution >= 0.6 is 0 Å². The van der Waals surface area contributed by atoms with Crippen LogP contribution in [0.1, 0.15) is 0 Å². The molecule has 0 aromatic carbocycles. The Labute approximate surface area is 162 Å². The molecule has 4 N–H and O–H groups in total. The molecule has 0 aromatic rings. The van der Waals surface area contributed by atoms with E-state index in [0.717, 1.165) is 0 Å². The lowest BCUT2D eigenvalue weighted by molar-refractivity contribution is -0.462. The van der Waals surface area contributed by atoms with E-state index in [2.05, 4.69) is 0 Å². The van der Waals surface area contributed by atoms with Crippen LogP contribution < -0.4 is 6.15 Å². The molecule has 0 aliphatic carbocycles. The molecule has 0 aromatic heterocycles. The van der Waals surface area contributed by atoms with Gasteiger partial charge in [-0.1, -0.05) is 0 Å². The van der Waals surface area contributed by atoms with Gasteiger partial charge >= 0.3 is 57.8 Å².